The van der Waals surface area contributed by atoms with Crippen LogP contribution in [0.4, 0.5) is 0 Å². The molecule has 1 aromatic carbocycles. The first kappa shape index (κ1) is 16.5. The van der Waals surface area contributed by atoms with Gasteiger partial charge in [-0.2, -0.15) is 5.10 Å². The number of rotatable bonds is 3. The van der Waals surface area contributed by atoms with Gasteiger partial charge in [-0.15, -0.1) is 0 Å². The minimum Gasteiger partial charge on any atom is -0.346 e. The molecular weight excluding hydrogens is 340 g/mol. The quantitative estimate of drug-likeness (QED) is 0.550. The maximum Gasteiger partial charge on any atom is 0.251 e. The second kappa shape index (κ2) is 7.14. The predicted molar refractivity (Wildman–Crippen MR) is 101 cm³/mol. The molecule has 0 saturated heterocycles. The Bertz CT molecular complexity index is 1160. The van der Waals surface area contributed by atoms with Crippen molar-refractivity contribution in [1.82, 2.24) is 30.0 Å². The van der Waals surface area contributed by atoms with Crippen LogP contribution in [0.5, 0.6) is 0 Å². The number of aryl methyl sites for hydroxylation is 1. The van der Waals surface area contributed by atoms with Crippen molar-refractivity contribution < 1.29 is 4.79 Å². The molecule has 7 heteroatoms. The molecule has 132 valence electrons. The molecule has 3 heterocycles. The highest BCUT2D eigenvalue weighted by Crippen LogP contribution is 2.17. The standard InChI is InChI=1S/C20H16N6O/c1-26-13-21-12-16(26)6-8-18-17-7-5-14(10-19(17)25-24-18)20(27)23-11-15-4-2-3-9-22-15/h2-5,7,9-10,12-13H,11H2,1H3,(H,23,27)(H,24,25). The van der Waals surface area contributed by atoms with Crippen molar-refractivity contribution in [3.8, 4) is 11.8 Å². The van der Waals surface area contributed by atoms with E-state index in [0.29, 0.717) is 23.3 Å². The molecule has 7 nitrogen and oxygen atoms in total. The van der Waals surface area contributed by atoms with Gasteiger partial charge in [0.25, 0.3) is 5.91 Å². The van der Waals surface area contributed by atoms with Crippen LogP contribution in [0.15, 0.2) is 55.1 Å². The third kappa shape index (κ3) is 3.55. The maximum atomic E-state index is 12.4. The molecule has 0 bridgehead atoms. The zero-order chi connectivity index (χ0) is 18.6. The Balaban J connectivity index is 1.53. The van der Waals surface area contributed by atoms with Crippen molar-refractivity contribution in [3.63, 3.8) is 0 Å². The summed E-state index contributed by atoms with van der Waals surface area (Å²) in [4.78, 5) is 20.6. The van der Waals surface area contributed by atoms with Gasteiger partial charge in [-0.1, -0.05) is 6.07 Å². The normalized spacial score (nSPS) is 10.4. The number of benzene rings is 1. The van der Waals surface area contributed by atoms with Gasteiger partial charge in [0, 0.05) is 24.2 Å². The highest BCUT2D eigenvalue weighted by Gasteiger charge is 2.10. The molecule has 0 unspecified atom stereocenters. The number of nitrogens with zero attached hydrogens (tertiary/aromatic N) is 4. The van der Waals surface area contributed by atoms with E-state index in [4.69, 9.17) is 0 Å². The van der Waals surface area contributed by atoms with Crippen LogP contribution in [-0.2, 0) is 13.6 Å². The van der Waals surface area contributed by atoms with Crippen LogP contribution in [-0.4, -0.2) is 30.6 Å². The van der Waals surface area contributed by atoms with Gasteiger partial charge in [-0.05, 0) is 42.2 Å². The van der Waals surface area contributed by atoms with Crippen LogP contribution in [0, 0.1) is 11.8 Å². The van der Waals surface area contributed by atoms with Gasteiger partial charge >= 0.3 is 0 Å². The number of H-pyrrole nitrogens is 1. The number of nitrogens with one attached hydrogen (secondary N) is 2. The molecule has 3 aromatic heterocycles. The molecule has 0 saturated carbocycles. The zero-order valence-corrected chi connectivity index (χ0v) is 14.6. The molecule has 0 radical (unpaired) electrons. The van der Waals surface area contributed by atoms with E-state index in [0.717, 1.165) is 16.8 Å². The number of carbonyl (C=O) groups excluding carboxylic acids is 1. The summed E-state index contributed by atoms with van der Waals surface area (Å²) in [5.41, 5.74) is 3.54. The summed E-state index contributed by atoms with van der Waals surface area (Å²) in [7, 11) is 1.89. The Morgan fingerprint density at radius 3 is 2.96 bits per heavy atom. The number of aromatic amines is 1. The van der Waals surface area contributed by atoms with Crippen LogP contribution in [0.25, 0.3) is 10.9 Å². The van der Waals surface area contributed by atoms with E-state index in [2.05, 4.69) is 37.3 Å². The molecule has 0 spiro atoms. The summed E-state index contributed by atoms with van der Waals surface area (Å²) in [5, 5.41) is 10.9. The molecule has 27 heavy (non-hydrogen) atoms. The molecule has 0 aliphatic rings. The molecule has 2 N–H and O–H groups in total. The fourth-order valence-electron chi connectivity index (χ4n) is 2.63. The number of hydrogen-bond acceptors (Lipinski definition) is 4. The number of hydrogen-bond donors (Lipinski definition) is 2. The van der Waals surface area contributed by atoms with E-state index in [1.165, 1.54) is 0 Å². The van der Waals surface area contributed by atoms with E-state index in [-0.39, 0.29) is 5.91 Å². The smallest absolute Gasteiger partial charge is 0.251 e. The minimum atomic E-state index is -0.173. The molecule has 0 atom stereocenters. The van der Waals surface area contributed by atoms with Crippen LogP contribution < -0.4 is 5.32 Å². The van der Waals surface area contributed by atoms with Gasteiger partial charge in [-0.25, -0.2) is 4.98 Å². The van der Waals surface area contributed by atoms with E-state index in [1.54, 1.807) is 30.9 Å². The van der Waals surface area contributed by atoms with E-state index >= 15 is 0 Å². The van der Waals surface area contributed by atoms with E-state index in [9.17, 15) is 4.79 Å². The largest absolute Gasteiger partial charge is 0.346 e. The third-order valence-electron chi connectivity index (χ3n) is 4.11. The molecule has 4 aromatic rings. The van der Waals surface area contributed by atoms with Gasteiger partial charge < -0.3 is 9.88 Å². The van der Waals surface area contributed by atoms with Crippen molar-refractivity contribution >= 4 is 16.8 Å². The van der Waals surface area contributed by atoms with Crippen LogP contribution in [0.3, 0.4) is 0 Å². The monoisotopic (exact) mass is 356 g/mol. The lowest BCUT2D eigenvalue weighted by atomic mass is 10.1. The maximum absolute atomic E-state index is 12.4. The van der Waals surface area contributed by atoms with Crippen LogP contribution in [0.1, 0.15) is 27.4 Å². The molecule has 1 amide bonds. The Morgan fingerprint density at radius 1 is 1.26 bits per heavy atom. The fraction of sp³-hybridized carbons (Fsp3) is 0.100. The summed E-state index contributed by atoms with van der Waals surface area (Å²) < 4.78 is 1.84. The summed E-state index contributed by atoms with van der Waals surface area (Å²) in [6.45, 7) is 0.375. The van der Waals surface area contributed by atoms with E-state index in [1.807, 2.05) is 35.9 Å². The molecule has 0 fully saturated rings. The van der Waals surface area contributed by atoms with Crippen molar-refractivity contribution in [2.75, 3.05) is 0 Å². The average Bonchev–Trinajstić information content (AvgIpc) is 3.30. The van der Waals surface area contributed by atoms with Gasteiger partial charge in [0.1, 0.15) is 11.4 Å². The SMILES string of the molecule is Cn1cncc1C#Cc1[nH]nc2cc(C(=O)NCc3ccccn3)ccc12. The lowest BCUT2D eigenvalue weighted by molar-refractivity contribution is 0.0950. The van der Waals surface area contributed by atoms with Crippen molar-refractivity contribution in [1.29, 1.82) is 0 Å². The van der Waals surface area contributed by atoms with Gasteiger partial charge in [0.05, 0.1) is 30.3 Å². The summed E-state index contributed by atoms with van der Waals surface area (Å²) >= 11 is 0. The summed E-state index contributed by atoms with van der Waals surface area (Å²) in [6.07, 6.45) is 5.10. The number of amides is 1. The molecule has 4 rings (SSSR count). The highest BCUT2D eigenvalue weighted by molar-refractivity contribution is 5.98. The van der Waals surface area contributed by atoms with Gasteiger partial charge in [0.15, 0.2) is 0 Å². The Kier molecular flexibility index (Phi) is 4.37. The number of fused-ring (bicyclic) bond motifs is 1. The first-order valence-corrected chi connectivity index (χ1v) is 8.35. The number of imidazole rings is 1. The van der Waals surface area contributed by atoms with Crippen molar-refractivity contribution in [2.45, 2.75) is 6.54 Å². The average molecular weight is 356 g/mol. The van der Waals surface area contributed by atoms with Gasteiger partial charge in [0.2, 0.25) is 0 Å². The van der Waals surface area contributed by atoms with E-state index < -0.39 is 0 Å². The number of carbonyl (C=O) groups is 1. The van der Waals surface area contributed by atoms with Gasteiger partial charge in [-0.3, -0.25) is 14.9 Å². The lowest BCUT2D eigenvalue weighted by Gasteiger charge is -2.04. The first-order valence-electron chi connectivity index (χ1n) is 8.35. The number of aromatic nitrogens is 5. The Hall–Kier alpha value is -3.92. The Morgan fingerprint density at radius 2 is 2.19 bits per heavy atom. The third-order valence-corrected chi connectivity index (χ3v) is 4.11. The molecule has 0 aliphatic carbocycles. The van der Waals surface area contributed by atoms with Crippen molar-refractivity contribution in [3.05, 3.63) is 77.8 Å². The topological polar surface area (TPSA) is 88.5 Å². The first-order chi connectivity index (χ1) is 13.2. The lowest BCUT2D eigenvalue weighted by Crippen LogP contribution is -2.23. The van der Waals surface area contributed by atoms with Crippen LogP contribution >= 0.6 is 0 Å². The highest BCUT2D eigenvalue weighted by atomic mass is 16.1. The fourth-order valence-corrected chi connectivity index (χ4v) is 2.63. The van der Waals surface area contributed by atoms with Crippen LogP contribution in [0.2, 0.25) is 0 Å². The second-order valence-electron chi connectivity index (χ2n) is 5.97. The number of pyridine rings is 1. The Labute approximate surface area is 155 Å². The molecular formula is C20H16N6O. The molecule has 0 aliphatic heterocycles. The summed E-state index contributed by atoms with van der Waals surface area (Å²) in [6, 6.07) is 11.0. The predicted octanol–water partition coefficient (Wildman–Crippen LogP) is 2.02. The second-order valence-corrected chi connectivity index (χ2v) is 5.97. The minimum absolute atomic E-state index is 0.173. The summed E-state index contributed by atoms with van der Waals surface area (Å²) in [5.74, 6) is 5.95. The van der Waals surface area contributed by atoms with Crippen molar-refractivity contribution in [2.24, 2.45) is 7.05 Å². The zero-order valence-electron chi connectivity index (χ0n) is 14.6.